The van der Waals surface area contributed by atoms with Crippen LogP contribution in [0.4, 0.5) is 5.69 Å². The lowest BCUT2D eigenvalue weighted by Gasteiger charge is -2.09. The zero-order valence-electron chi connectivity index (χ0n) is 17.0. The molecule has 3 aromatic heterocycles. The second-order valence-corrected chi connectivity index (χ2v) is 7.84. The summed E-state index contributed by atoms with van der Waals surface area (Å²) >= 11 is 1.44. The molecule has 9 heteroatoms. The van der Waals surface area contributed by atoms with Crippen LogP contribution in [0.25, 0.3) is 27.3 Å². The van der Waals surface area contributed by atoms with Gasteiger partial charge in [-0.1, -0.05) is 30.3 Å². The number of amides is 1. The van der Waals surface area contributed by atoms with E-state index in [-0.39, 0.29) is 24.0 Å². The Morgan fingerprint density at radius 1 is 1.06 bits per heavy atom. The molecule has 0 atom stereocenters. The normalized spacial score (nSPS) is 11.0. The van der Waals surface area contributed by atoms with Crippen molar-refractivity contribution < 1.29 is 14.3 Å². The average Bonchev–Trinajstić information content (AvgIpc) is 3.41. The van der Waals surface area contributed by atoms with Crippen molar-refractivity contribution in [3.63, 3.8) is 0 Å². The fourth-order valence-electron chi connectivity index (χ4n) is 3.37. The van der Waals surface area contributed by atoms with Crippen molar-refractivity contribution in [2.24, 2.45) is 0 Å². The van der Waals surface area contributed by atoms with Gasteiger partial charge in [0, 0.05) is 22.8 Å². The van der Waals surface area contributed by atoms with Gasteiger partial charge in [0.2, 0.25) is 0 Å². The topological polar surface area (TPSA) is 98.5 Å². The van der Waals surface area contributed by atoms with Crippen LogP contribution in [0.15, 0.2) is 66.3 Å². The Morgan fingerprint density at radius 3 is 2.69 bits per heavy atom. The quantitative estimate of drug-likeness (QED) is 0.413. The van der Waals surface area contributed by atoms with Crippen molar-refractivity contribution in [2.45, 2.75) is 6.42 Å². The van der Waals surface area contributed by atoms with Crippen molar-refractivity contribution in [1.82, 2.24) is 19.4 Å². The van der Waals surface area contributed by atoms with Crippen LogP contribution in [-0.4, -0.2) is 38.3 Å². The molecule has 0 bridgehead atoms. The number of hydrogen-bond donors (Lipinski definition) is 1. The zero-order valence-corrected chi connectivity index (χ0v) is 17.8. The van der Waals surface area contributed by atoms with Gasteiger partial charge in [0.25, 0.3) is 5.91 Å². The maximum atomic E-state index is 12.9. The highest BCUT2D eigenvalue weighted by Gasteiger charge is 2.16. The van der Waals surface area contributed by atoms with E-state index in [2.05, 4.69) is 20.3 Å². The molecule has 0 aliphatic heterocycles. The molecule has 0 fully saturated rings. The van der Waals surface area contributed by atoms with E-state index < -0.39 is 0 Å². The molecule has 1 N–H and O–H groups in total. The predicted molar refractivity (Wildman–Crippen MR) is 122 cm³/mol. The van der Waals surface area contributed by atoms with E-state index >= 15 is 0 Å². The van der Waals surface area contributed by atoms with Crippen molar-refractivity contribution >= 4 is 44.9 Å². The molecule has 0 spiro atoms. The highest BCUT2D eigenvalue weighted by Crippen LogP contribution is 2.30. The summed E-state index contributed by atoms with van der Waals surface area (Å²) in [5.74, 6) is -0.674. The highest BCUT2D eigenvalue weighted by atomic mass is 32.1. The third-order valence-corrected chi connectivity index (χ3v) is 5.86. The van der Waals surface area contributed by atoms with Gasteiger partial charge in [-0.2, -0.15) is 0 Å². The molecular weight excluding hydrogens is 426 g/mol. The molecular formula is C23H17N5O3S. The van der Waals surface area contributed by atoms with Crippen molar-refractivity contribution in [2.75, 3.05) is 12.4 Å². The summed E-state index contributed by atoms with van der Waals surface area (Å²) in [6.45, 7) is 0. The van der Waals surface area contributed by atoms with Gasteiger partial charge < -0.3 is 10.1 Å². The minimum absolute atomic E-state index is 0.158. The van der Waals surface area contributed by atoms with Gasteiger partial charge in [0.15, 0.2) is 4.96 Å². The van der Waals surface area contributed by atoms with Gasteiger partial charge in [0.1, 0.15) is 5.69 Å². The minimum atomic E-state index is -0.358. The van der Waals surface area contributed by atoms with E-state index in [1.54, 1.807) is 0 Å². The van der Waals surface area contributed by atoms with Crippen LogP contribution in [0.1, 0.15) is 16.2 Å². The summed E-state index contributed by atoms with van der Waals surface area (Å²) in [5.41, 5.74) is 4.45. The fourth-order valence-corrected chi connectivity index (χ4v) is 4.25. The number of para-hydroxylation sites is 3. The maximum absolute atomic E-state index is 12.9. The van der Waals surface area contributed by atoms with Crippen LogP contribution < -0.4 is 5.32 Å². The van der Waals surface area contributed by atoms with E-state index in [9.17, 15) is 9.59 Å². The van der Waals surface area contributed by atoms with Crippen LogP contribution in [-0.2, 0) is 16.0 Å². The third-order valence-electron chi connectivity index (χ3n) is 4.97. The number of carbonyl (C=O) groups excluding carboxylic acids is 2. The standard InChI is InChI=1S/C23H17N5O3S/c1-31-21(29)10-14-13-32-23-27-20(12-28(14)23)15-6-2-3-7-16(15)26-22(30)19-11-24-17-8-4-5-9-18(17)25-19/h2-9,11-13H,10H2,1H3,(H,26,30). The van der Waals surface area contributed by atoms with Crippen LogP contribution in [0.3, 0.4) is 0 Å². The van der Waals surface area contributed by atoms with E-state index in [4.69, 9.17) is 4.74 Å². The zero-order chi connectivity index (χ0) is 22.1. The molecule has 5 aromatic rings. The number of aromatic nitrogens is 4. The molecule has 0 aliphatic rings. The molecule has 0 aliphatic carbocycles. The van der Waals surface area contributed by atoms with E-state index in [1.807, 2.05) is 64.5 Å². The number of ether oxygens (including phenoxy) is 1. The number of hydrogen-bond acceptors (Lipinski definition) is 7. The first-order valence-corrected chi connectivity index (χ1v) is 10.6. The van der Waals surface area contributed by atoms with Gasteiger partial charge in [0.05, 0.1) is 42.1 Å². The van der Waals surface area contributed by atoms with E-state index in [1.165, 1.54) is 24.6 Å². The minimum Gasteiger partial charge on any atom is -0.469 e. The highest BCUT2D eigenvalue weighted by molar-refractivity contribution is 7.15. The van der Waals surface area contributed by atoms with Gasteiger partial charge in [-0.25, -0.2) is 9.97 Å². The number of carbonyl (C=O) groups is 2. The van der Waals surface area contributed by atoms with Gasteiger partial charge in [-0.05, 0) is 18.2 Å². The van der Waals surface area contributed by atoms with Crippen molar-refractivity contribution in [3.8, 4) is 11.3 Å². The predicted octanol–water partition coefficient (Wildman–Crippen LogP) is 3.97. The Kier molecular flexibility index (Phi) is 5.08. The first-order chi connectivity index (χ1) is 15.6. The lowest BCUT2D eigenvalue weighted by molar-refractivity contribution is -0.139. The van der Waals surface area contributed by atoms with Crippen molar-refractivity contribution in [3.05, 3.63) is 77.7 Å². The summed E-state index contributed by atoms with van der Waals surface area (Å²) in [5, 5.41) is 4.81. The lowest BCUT2D eigenvalue weighted by Crippen LogP contribution is -2.14. The van der Waals surface area contributed by atoms with Gasteiger partial charge in [-0.3, -0.25) is 19.0 Å². The Hall–Kier alpha value is -4.11. The largest absolute Gasteiger partial charge is 0.469 e. The third kappa shape index (κ3) is 3.69. The van der Waals surface area contributed by atoms with Crippen LogP contribution in [0.5, 0.6) is 0 Å². The van der Waals surface area contributed by atoms with Crippen LogP contribution >= 0.6 is 11.3 Å². The number of anilines is 1. The maximum Gasteiger partial charge on any atom is 0.311 e. The number of fused-ring (bicyclic) bond motifs is 2. The number of nitrogens with one attached hydrogen (secondary N) is 1. The molecule has 8 nitrogen and oxygen atoms in total. The number of esters is 1. The fraction of sp³-hybridized carbons (Fsp3) is 0.0870. The molecule has 2 aromatic carbocycles. The molecule has 0 radical (unpaired) electrons. The first-order valence-electron chi connectivity index (χ1n) is 9.77. The number of nitrogens with zero attached hydrogens (tertiary/aromatic N) is 4. The molecule has 0 saturated heterocycles. The monoisotopic (exact) mass is 443 g/mol. The number of benzene rings is 2. The molecule has 32 heavy (non-hydrogen) atoms. The number of rotatable bonds is 5. The molecule has 3 heterocycles. The smallest absolute Gasteiger partial charge is 0.311 e. The summed E-state index contributed by atoms with van der Waals surface area (Å²) < 4.78 is 6.63. The molecule has 0 saturated carbocycles. The SMILES string of the molecule is COC(=O)Cc1csc2nc(-c3ccccc3NC(=O)c3cnc4ccccc4n3)cn12. The van der Waals surface area contributed by atoms with Crippen LogP contribution in [0.2, 0.25) is 0 Å². The Bertz CT molecular complexity index is 1470. The summed E-state index contributed by atoms with van der Waals surface area (Å²) in [7, 11) is 1.37. The Morgan fingerprint density at radius 2 is 1.84 bits per heavy atom. The second kappa shape index (κ2) is 8.20. The summed E-state index contributed by atoms with van der Waals surface area (Å²) in [6, 6.07) is 14.8. The molecule has 158 valence electrons. The second-order valence-electron chi connectivity index (χ2n) is 7.00. The number of imidazole rings is 1. The first kappa shape index (κ1) is 19.8. The summed E-state index contributed by atoms with van der Waals surface area (Å²) in [6.07, 6.45) is 3.47. The molecule has 5 rings (SSSR count). The van der Waals surface area contributed by atoms with Crippen molar-refractivity contribution in [1.29, 1.82) is 0 Å². The van der Waals surface area contributed by atoms with Gasteiger partial charge >= 0.3 is 5.97 Å². The van der Waals surface area contributed by atoms with E-state index in [0.29, 0.717) is 16.9 Å². The lowest BCUT2D eigenvalue weighted by atomic mass is 10.1. The number of thiazole rings is 1. The Balaban J connectivity index is 1.46. The molecule has 0 unspecified atom stereocenters. The Labute approximate surface area is 186 Å². The van der Waals surface area contributed by atoms with E-state index in [0.717, 1.165) is 21.7 Å². The average molecular weight is 443 g/mol. The van der Waals surface area contributed by atoms with Crippen LogP contribution in [0, 0.1) is 0 Å². The molecule has 1 amide bonds. The number of methoxy groups -OCH3 is 1. The van der Waals surface area contributed by atoms with Gasteiger partial charge in [-0.15, -0.1) is 11.3 Å². The summed E-state index contributed by atoms with van der Waals surface area (Å²) in [4.78, 5) is 38.7.